The van der Waals surface area contributed by atoms with Gasteiger partial charge in [0.2, 0.25) is 0 Å². The van der Waals surface area contributed by atoms with Gasteiger partial charge in [-0.05, 0) is 85.8 Å². The molecule has 31 heavy (non-hydrogen) atoms. The molecule has 0 spiro atoms. The quantitative estimate of drug-likeness (QED) is 0.518. The molecule has 1 atom stereocenters. The Morgan fingerprint density at radius 2 is 1.71 bits per heavy atom. The maximum atomic E-state index is 12.3. The van der Waals surface area contributed by atoms with E-state index in [0.717, 1.165) is 29.7 Å². The second-order valence-corrected chi connectivity index (χ2v) is 10.7. The van der Waals surface area contributed by atoms with Crippen LogP contribution in [-0.4, -0.2) is 43.0 Å². The molecule has 0 unspecified atom stereocenters. The highest BCUT2D eigenvalue weighted by Gasteiger charge is 2.50. The van der Waals surface area contributed by atoms with Crippen LogP contribution in [0.3, 0.4) is 0 Å². The Kier molecular flexibility index (Phi) is 7.22. The van der Waals surface area contributed by atoms with Gasteiger partial charge in [-0.3, -0.25) is 4.79 Å². The van der Waals surface area contributed by atoms with E-state index in [-0.39, 0.29) is 12.6 Å². The van der Waals surface area contributed by atoms with E-state index in [2.05, 4.69) is 5.32 Å². The van der Waals surface area contributed by atoms with E-state index in [4.69, 9.17) is 9.47 Å². The molecule has 4 aliphatic rings. The lowest BCUT2D eigenvalue weighted by atomic mass is 9.49. The molecule has 1 aromatic rings. The molecule has 5 rings (SSSR count). The number of hydrogen-bond acceptors (Lipinski definition) is 5. The van der Waals surface area contributed by atoms with Crippen molar-refractivity contribution in [2.75, 3.05) is 19.8 Å². The van der Waals surface area contributed by atoms with Gasteiger partial charge in [-0.15, -0.1) is 0 Å². The molecule has 5 heteroatoms. The molecule has 5 nitrogen and oxygen atoms in total. The molecule has 0 amide bonds. The van der Waals surface area contributed by atoms with Crippen LogP contribution in [0, 0.1) is 23.2 Å². The zero-order chi connectivity index (χ0) is 21.8. The van der Waals surface area contributed by atoms with Crippen LogP contribution in [0.5, 0.6) is 5.75 Å². The van der Waals surface area contributed by atoms with E-state index in [1.165, 1.54) is 38.5 Å². The van der Waals surface area contributed by atoms with Gasteiger partial charge >= 0.3 is 5.97 Å². The summed E-state index contributed by atoms with van der Waals surface area (Å²) in [4.78, 5) is 12.3. The van der Waals surface area contributed by atoms with Crippen molar-refractivity contribution in [3.8, 4) is 5.75 Å². The Bertz CT molecular complexity index is 694. The summed E-state index contributed by atoms with van der Waals surface area (Å²) < 4.78 is 11.3. The van der Waals surface area contributed by atoms with Crippen LogP contribution in [0.15, 0.2) is 24.3 Å². The maximum absolute atomic E-state index is 12.3. The van der Waals surface area contributed by atoms with Crippen molar-refractivity contribution in [1.82, 2.24) is 5.32 Å². The first-order chi connectivity index (χ1) is 14.9. The van der Waals surface area contributed by atoms with Crippen molar-refractivity contribution in [2.24, 2.45) is 23.2 Å². The van der Waals surface area contributed by atoms with Crippen LogP contribution >= 0.6 is 0 Å². The summed E-state index contributed by atoms with van der Waals surface area (Å²) in [5.74, 6) is 3.37. The molecule has 1 aromatic carbocycles. The first-order valence-electron chi connectivity index (χ1n) is 12.2. The topological polar surface area (TPSA) is 67.8 Å². The lowest BCUT2D eigenvalue weighted by Gasteiger charge is -2.57. The Balaban J connectivity index is 1.15. The molecule has 2 N–H and O–H groups in total. The fourth-order valence-electron chi connectivity index (χ4n) is 6.52. The third-order valence-electron chi connectivity index (χ3n) is 7.54. The highest BCUT2D eigenvalue weighted by atomic mass is 16.5. The summed E-state index contributed by atoms with van der Waals surface area (Å²) in [6.45, 7) is 5.39. The lowest BCUT2D eigenvalue weighted by Crippen LogP contribution is -2.46. The summed E-state index contributed by atoms with van der Waals surface area (Å²) in [5, 5.41) is 13.1. The monoisotopic (exact) mass is 429 g/mol. The average molecular weight is 430 g/mol. The first-order valence-corrected chi connectivity index (χ1v) is 12.2. The smallest absolute Gasteiger partial charge is 0.310 e. The van der Waals surface area contributed by atoms with E-state index >= 15 is 0 Å². The minimum atomic E-state index is -0.550. The van der Waals surface area contributed by atoms with E-state index in [1.807, 2.05) is 38.1 Å². The van der Waals surface area contributed by atoms with Crippen LogP contribution < -0.4 is 10.1 Å². The molecule has 0 saturated heterocycles. The van der Waals surface area contributed by atoms with Gasteiger partial charge in [0, 0.05) is 12.6 Å². The number of rotatable bonds is 11. The summed E-state index contributed by atoms with van der Waals surface area (Å²) in [5.41, 5.74) is 1.39. The second kappa shape index (κ2) is 9.91. The molecule has 0 aliphatic heterocycles. The normalized spacial score (nSPS) is 29.9. The third kappa shape index (κ3) is 6.23. The van der Waals surface area contributed by atoms with Gasteiger partial charge in [-0.25, -0.2) is 0 Å². The zero-order valence-corrected chi connectivity index (χ0v) is 19.1. The summed E-state index contributed by atoms with van der Waals surface area (Å²) >= 11 is 0. The fraction of sp³-hybridized carbons (Fsp3) is 0.731. The van der Waals surface area contributed by atoms with Crippen LogP contribution in [0.1, 0.15) is 64.4 Å². The summed E-state index contributed by atoms with van der Waals surface area (Å²) in [6.07, 6.45) is 9.23. The van der Waals surface area contributed by atoms with Gasteiger partial charge in [0.15, 0.2) is 0 Å². The highest BCUT2D eigenvalue weighted by Crippen LogP contribution is 2.61. The van der Waals surface area contributed by atoms with Crippen LogP contribution in [-0.2, 0) is 16.0 Å². The van der Waals surface area contributed by atoms with Gasteiger partial charge < -0.3 is 19.9 Å². The molecular formula is C26H39NO4. The molecule has 4 saturated carbocycles. The predicted molar refractivity (Wildman–Crippen MR) is 121 cm³/mol. The number of ether oxygens (including phenoxy) is 2. The molecule has 0 aromatic heterocycles. The van der Waals surface area contributed by atoms with Crippen LogP contribution in [0.4, 0.5) is 0 Å². The van der Waals surface area contributed by atoms with Crippen molar-refractivity contribution in [3.63, 3.8) is 0 Å². The van der Waals surface area contributed by atoms with Crippen molar-refractivity contribution < 1.29 is 19.4 Å². The Hall–Kier alpha value is -1.59. The minimum absolute atomic E-state index is 0.145. The third-order valence-corrected chi connectivity index (χ3v) is 7.54. The fourth-order valence-corrected chi connectivity index (χ4v) is 6.52. The minimum Gasteiger partial charge on any atom is -0.491 e. The molecule has 4 aliphatic carbocycles. The molecular weight excluding hydrogens is 390 g/mol. The average Bonchev–Trinajstić information content (AvgIpc) is 2.70. The molecule has 0 heterocycles. The van der Waals surface area contributed by atoms with Gasteiger partial charge in [-0.2, -0.15) is 0 Å². The first kappa shape index (κ1) is 22.6. The van der Waals surface area contributed by atoms with E-state index in [9.17, 15) is 9.90 Å². The van der Waals surface area contributed by atoms with Crippen molar-refractivity contribution in [2.45, 2.75) is 77.4 Å². The van der Waals surface area contributed by atoms with E-state index in [1.54, 1.807) is 0 Å². The lowest BCUT2D eigenvalue weighted by molar-refractivity contribution is -0.145. The number of aliphatic hydroxyl groups excluding tert-OH is 1. The Morgan fingerprint density at radius 1 is 1.10 bits per heavy atom. The van der Waals surface area contributed by atoms with Crippen molar-refractivity contribution in [3.05, 3.63) is 29.8 Å². The van der Waals surface area contributed by atoms with Crippen molar-refractivity contribution in [1.29, 1.82) is 0 Å². The number of carbonyl (C=O) groups is 1. The summed E-state index contributed by atoms with van der Waals surface area (Å²) in [6, 6.07) is 7.82. The van der Waals surface area contributed by atoms with Gasteiger partial charge in [0.1, 0.15) is 18.5 Å². The standard InChI is InChI=1S/C26H39NO4/c1-18(2)27-16-23(28)17-31-24-5-3-19(4-6-24)12-25(29)30-8-7-26-13-20-9-21(14-26)11-22(10-20)15-26/h3-6,18,20-23,27-28H,7-17H2,1-2H3/t20?,21?,22?,23-,26?/m1/s1. The van der Waals surface area contributed by atoms with E-state index in [0.29, 0.717) is 36.8 Å². The number of hydrogen-bond donors (Lipinski definition) is 2. The number of benzene rings is 1. The zero-order valence-electron chi connectivity index (χ0n) is 19.1. The van der Waals surface area contributed by atoms with Gasteiger partial charge in [0.05, 0.1) is 13.0 Å². The van der Waals surface area contributed by atoms with Crippen molar-refractivity contribution >= 4 is 5.97 Å². The molecule has 4 fully saturated rings. The van der Waals surface area contributed by atoms with Crippen LogP contribution in [0.25, 0.3) is 0 Å². The van der Waals surface area contributed by atoms with Gasteiger partial charge in [-0.1, -0.05) is 26.0 Å². The molecule has 4 bridgehead atoms. The Morgan fingerprint density at radius 3 is 2.29 bits per heavy atom. The maximum Gasteiger partial charge on any atom is 0.310 e. The molecule has 0 radical (unpaired) electrons. The largest absolute Gasteiger partial charge is 0.491 e. The number of carbonyl (C=O) groups excluding carboxylic acids is 1. The summed E-state index contributed by atoms with van der Waals surface area (Å²) in [7, 11) is 0. The molecule has 172 valence electrons. The number of nitrogens with one attached hydrogen (secondary N) is 1. The van der Waals surface area contributed by atoms with E-state index < -0.39 is 6.10 Å². The highest BCUT2D eigenvalue weighted by molar-refractivity contribution is 5.72. The Labute approximate surface area is 186 Å². The number of esters is 1. The SMILES string of the molecule is CC(C)NC[C@@H](O)COc1ccc(CC(=O)OCCC23CC4CC(CC(C4)C2)C3)cc1. The van der Waals surface area contributed by atoms with Crippen LogP contribution in [0.2, 0.25) is 0 Å². The second-order valence-electron chi connectivity index (χ2n) is 10.7. The number of aliphatic hydroxyl groups is 1. The predicted octanol–water partition coefficient (Wildman–Crippen LogP) is 4.12. The van der Waals surface area contributed by atoms with Gasteiger partial charge in [0.25, 0.3) is 0 Å².